The summed E-state index contributed by atoms with van der Waals surface area (Å²) in [7, 11) is 0. The number of nitrogens with zero attached hydrogens (tertiary/aromatic N) is 1. The third-order valence-electron chi connectivity index (χ3n) is 1.92. The van der Waals surface area contributed by atoms with Gasteiger partial charge in [-0.3, -0.25) is 9.79 Å². The van der Waals surface area contributed by atoms with Crippen molar-refractivity contribution in [1.29, 1.82) is 0 Å². The predicted molar refractivity (Wildman–Crippen MR) is 63.8 cm³/mol. The van der Waals surface area contributed by atoms with Crippen LogP contribution in [0.5, 0.6) is 0 Å². The molecule has 0 heterocycles. The van der Waals surface area contributed by atoms with Crippen molar-refractivity contribution in [3.8, 4) is 0 Å². The number of carbonyl (C=O) groups is 1. The first-order chi connectivity index (χ1) is 6.88. The average molecular weight is 203 g/mol. The van der Waals surface area contributed by atoms with E-state index in [9.17, 15) is 4.79 Å². The first kappa shape index (κ1) is 11.6. The summed E-state index contributed by atoms with van der Waals surface area (Å²) in [4.78, 5) is 15.4. The minimum Gasteiger partial charge on any atom is -0.295 e. The lowest BCUT2D eigenvalue weighted by atomic mass is 10.1. The third-order valence-corrected chi connectivity index (χ3v) is 1.92. The van der Waals surface area contributed by atoms with Crippen molar-refractivity contribution < 1.29 is 4.79 Å². The van der Waals surface area contributed by atoms with Crippen LogP contribution >= 0.6 is 0 Å². The topological polar surface area (TPSA) is 29.4 Å². The monoisotopic (exact) mass is 203 g/mol. The summed E-state index contributed by atoms with van der Waals surface area (Å²) < 4.78 is 0. The fourth-order valence-electron chi connectivity index (χ4n) is 1.07. The third kappa shape index (κ3) is 4.07. The van der Waals surface area contributed by atoms with Crippen molar-refractivity contribution >= 4 is 12.0 Å². The Kier molecular flexibility index (Phi) is 3.40. The van der Waals surface area contributed by atoms with Crippen molar-refractivity contribution in [2.45, 2.75) is 33.2 Å². The van der Waals surface area contributed by atoms with Crippen LogP contribution in [0, 0.1) is 0 Å². The molecule has 0 atom stereocenters. The highest BCUT2D eigenvalue weighted by atomic mass is 16.1. The highest BCUT2D eigenvalue weighted by Crippen LogP contribution is 2.08. The number of rotatable bonds is 2. The van der Waals surface area contributed by atoms with Crippen LogP contribution in [-0.2, 0) is 0 Å². The normalized spacial score (nSPS) is 12.0. The molecule has 80 valence electrons. The molecule has 0 amide bonds. The van der Waals surface area contributed by atoms with E-state index in [-0.39, 0.29) is 11.3 Å². The summed E-state index contributed by atoms with van der Waals surface area (Å²) in [5.41, 5.74) is 1.71. The van der Waals surface area contributed by atoms with Gasteiger partial charge in [0.25, 0.3) is 0 Å². The highest BCUT2D eigenvalue weighted by molar-refractivity contribution is 5.94. The summed E-state index contributed by atoms with van der Waals surface area (Å²) in [5, 5.41) is 0. The summed E-state index contributed by atoms with van der Waals surface area (Å²) in [6, 6.07) is 7.47. The summed E-state index contributed by atoms with van der Waals surface area (Å²) in [6.07, 6.45) is 1.84. The number of benzene rings is 1. The van der Waals surface area contributed by atoms with Crippen LogP contribution in [-0.4, -0.2) is 17.5 Å². The average Bonchev–Trinajstić information content (AvgIpc) is 2.14. The van der Waals surface area contributed by atoms with Crippen LogP contribution in [0.4, 0.5) is 0 Å². The number of hydrogen-bond donors (Lipinski definition) is 0. The van der Waals surface area contributed by atoms with Crippen molar-refractivity contribution in [1.82, 2.24) is 0 Å². The standard InChI is InChI=1S/C13H17NO/c1-10(15)12-7-5-11(6-8-12)9-14-13(2,3)4/h5-9H,1-4H3. The molecule has 1 aromatic rings. The van der Waals surface area contributed by atoms with Gasteiger partial charge in [-0.15, -0.1) is 0 Å². The molecule has 0 aliphatic rings. The maximum Gasteiger partial charge on any atom is 0.159 e. The van der Waals surface area contributed by atoms with Crippen LogP contribution in [0.3, 0.4) is 0 Å². The highest BCUT2D eigenvalue weighted by Gasteiger charge is 2.04. The minimum atomic E-state index is -0.0563. The molecule has 0 spiro atoms. The molecule has 0 aliphatic carbocycles. The van der Waals surface area contributed by atoms with E-state index >= 15 is 0 Å². The van der Waals surface area contributed by atoms with E-state index in [1.807, 2.05) is 51.3 Å². The molecule has 0 aliphatic heterocycles. The first-order valence-corrected chi connectivity index (χ1v) is 5.05. The Balaban J connectivity index is 2.82. The molecule has 0 fully saturated rings. The molecule has 0 aromatic heterocycles. The number of Topliss-reactive ketones (excluding diaryl/α,β-unsaturated/α-hetero) is 1. The van der Waals surface area contributed by atoms with Gasteiger partial charge in [0.05, 0.1) is 5.54 Å². The molecule has 0 saturated heterocycles. The number of ketones is 1. The first-order valence-electron chi connectivity index (χ1n) is 5.05. The molecule has 2 nitrogen and oxygen atoms in total. The second-order valence-corrected chi connectivity index (χ2v) is 4.61. The quantitative estimate of drug-likeness (QED) is 0.536. The Bertz CT molecular complexity index is 369. The van der Waals surface area contributed by atoms with E-state index in [1.54, 1.807) is 6.92 Å². The van der Waals surface area contributed by atoms with E-state index in [0.717, 1.165) is 11.1 Å². The van der Waals surface area contributed by atoms with Crippen LogP contribution < -0.4 is 0 Å². The van der Waals surface area contributed by atoms with E-state index in [4.69, 9.17) is 0 Å². The largest absolute Gasteiger partial charge is 0.295 e. The zero-order valence-corrected chi connectivity index (χ0v) is 9.74. The fourth-order valence-corrected chi connectivity index (χ4v) is 1.07. The summed E-state index contributed by atoms with van der Waals surface area (Å²) in [5.74, 6) is 0.0920. The van der Waals surface area contributed by atoms with Crippen molar-refractivity contribution in [2.24, 2.45) is 4.99 Å². The number of carbonyl (C=O) groups excluding carboxylic acids is 1. The van der Waals surface area contributed by atoms with Gasteiger partial charge < -0.3 is 0 Å². The lowest BCUT2D eigenvalue weighted by molar-refractivity contribution is 0.101. The lowest BCUT2D eigenvalue weighted by Gasteiger charge is -2.10. The second kappa shape index (κ2) is 4.39. The molecule has 0 N–H and O–H groups in total. The van der Waals surface area contributed by atoms with Gasteiger partial charge in [0, 0.05) is 11.8 Å². The van der Waals surface area contributed by atoms with E-state index in [1.165, 1.54) is 0 Å². The van der Waals surface area contributed by atoms with Gasteiger partial charge in [0.2, 0.25) is 0 Å². The molecule has 2 heteroatoms. The Morgan fingerprint density at radius 1 is 1.20 bits per heavy atom. The van der Waals surface area contributed by atoms with E-state index < -0.39 is 0 Å². The van der Waals surface area contributed by atoms with Gasteiger partial charge >= 0.3 is 0 Å². The number of hydrogen-bond acceptors (Lipinski definition) is 2. The molecular formula is C13H17NO. The van der Waals surface area contributed by atoms with E-state index in [0.29, 0.717) is 0 Å². The molecule has 1 aromatic carbocycles. The smallest absolute Gasteiger partial charge is 0.159 e. The van der Waals surface area contributed by atoms with Gasteiger partial charge in [-0.25, -0.2) is 0 Å². The Morgan fingerprint density at radius 3 is 2.13 bits per heavy atom. The fraction of sp³-hybridized carbons (Fsp3) is 0.385. The van der Waals surface area contributed by atoms with Gasteiger partial charge in [0.15, 0.2) is 5.78 Å². The second-order valence-electron chi connectivity index (χ2n) is 4.61. The zero-order chi connectivity index (χ0) is 11.5. The lowest BCUT2D eigenvalue weighted by Crippen LogP contribution is -2.09. The van der Waals surface area contributed by atoms with Gasteiger partial charge in [-0.05, 0) is 33.3 Å². The molecule has 1 rings (SSSR count). The Hall–Kier alpha value is -1.44. The molecule has 0 bridgehead atoms. The van der Waals surface area contributed by atoms with Crippen LogP contribution in [0.15, 0.2) is 29.3 Å². The maximum atomic E-state index is 11.0. The zero-order valence-electron chi connectivity index (χ0n) is 9.74. The van der Waals surface area contributed by atoms with E-state index in [2.05, 4.69) is 4.99 Å². The van der Waals surface area contributed by atoms with Crippen molar-refractivity contribution in [3.63, 3.8) is 0 Å². The maximum absolute atomic E-state index is 11.0. The molecule has 0 saturated carbocycles. The molecular weight excluding hydrogens is 186 g/mol. The SMILES string of the molecule is CC(=O)c1ccc(C=NC(C)(C)C)cc1. The van der Waals surface area contributed by atoms with Crippen LogP contribution in [0.2, 0.25) is 0 Å². The minimum absolute atomic E-state index is 0.0563. The van der Waals surface area contributed by atoms with Gasteiger partial charge in [-0.1, -0.05) is 24.3 Å². The van der Waals surface area contributed by atoms with Crippen LogP contribution in [0.1, 0.15) is 43.6 Å². The summed E-state index contributed by atoms with van der Waals surface area (Å²) >= 11 is 0. The molecule has 0 radical (unpaired) electrons. The summed E-state index contributed by atoms with van der Waals surface area (Å²) in [6.45, 7) is 7.71. The molecule has 0 unspecified atom stereocenters. The number of aliphatic imine (C=N–C) groups is 1. The van der Waals surface area contributed by atoms with Gasteiger partial charge in [-0.2, -0.15) is 0 Å². The van der Waals surface area contributed by atoms with Crippen LogP contribution in [0.25, 0.3) is 0 Å². The predicted octanol–water partition coefficient (Wildman–Crippen LogP) is 3.11. The molecule has 15 heavy (non-hydrogen) atoms. The Labute approximate surface area is 91.0 Å². The van der Waals surface area contributed by atoms with Crippen molar-refractivity contribution in [3.05, 3.63) is 35.4 Å². The Morgan fingerprint density at radius 2 is 1.73 bits per heavy atom. The van der Waals surface area contributed by atoms with Gasteiger partial charge in [0.1, 0.15) is 0 Å². The van der Waals surface area contributed by atoms with Crippen molar-refractivity contribution in [2.75, 3.05) is 0 Å².